The van der Waals surface area contributed by atoms with Gasteiger partial charge in [0.05, 0.1) is 10.1 Å². The van der Waals surface area contributed by atoms with E-state index in [4.69, 9.17) is 11.6 Å². The molecule has 1 unspecified atom stereocenters. The summed E-state index contributed by atoms with van der Waals surface area (Å²) in [5.41, 5.74) is 0.717. The zero-order valence-corrected chi connectivity index (χ0v) is 9.38. The van der Waals surface area contributed by atoms with Crippen molar-refractivity contribution in [1.82, 2.24) is 0 Å². The van der Waals surface area contributed by atoms with Crippen LogP contribution in [0.25, 0.3) is 0 Å². The Morgan fingerprint density at radius 3 is 2.87 bits per heavy atom. The Labute approximate surface area is 93.0 Å². The minimum absolute atomic E-state index is 0.0502. The average Bonchev–Trinajstić information content (AvgIpc) is 2.39. The summed E-state index contributed by atoms with van der Waals surface area (Å²) in [5.74, 6) is 0. The summed E-state index contributed by atoms with van der Waals surface area (Å²) in [7, 11) is -3.32. The number of carbonyl (C=O) groups is 1. The van der Waals surface area contributed by atoms with Crippen molar-refractivity contribution in [1.29, 1.82) is 0 Å². The molecule has 1 aromatic rings. The van der Waals surface area contributed by atoms with Gasteiger partial charge in [-0.1, -0.05) is 11.6 Å². The molecule has 0 spiro atoms. The van der Waals surface area contributed by atoms with Crippen LogP contribution >= 0.6 is 11.6 Å². The molecular formula is C10H9ClO3S. The smallest absolute Gasteiger partial charge is 0.182 e. The summed E-state index contributed by atoms with van der Waals surface area (Å²) in [4.78, 5) is 10.7. The number of rotatable bonds is 2. The van der Waals surface area contributed by atoms with Gasteiger partial charge in [-0.15, -0.1) is 0 Å². The lowest BCUT2D eigenvalue weighted by atomic mass is 10.1. The Morgan fingerprint density at radius 1 is 1.47 bits per heavy atom. The van der Waals surface area contributed by atoms with Gasteiger partial charge in [0.2, 0.25) is 0 Å². The summed E-state index contributed by atoms with van der Waals surface area (Å²) in [6.07, 6.45) is 1.08. The topological polar surface area (TPSA) is 51.2 Å². The van der Waals surface area contributed by atoms with Gasteiger partial charge in [0.25, 0.3) is 0 Å². The van der Waals surface area contributed by atoms with Gasteiger partial charge in [0, 0.05) is 11.4 Å². The van der Waals surface area contributed by atoms with E-state index in [0.29, 0.717) is 28.2 Å². The summed E-state index contributed by atoms with van der Waals surface area (Å²) >= 11 is 5.78. The Kier molecular flexibility index (Phi) is 2.56. The predicted octanol–water partition coefficient (Wildman–Crippen LogP) is 1.63. The van der Waals surface area contributed by atoms with E-state index < -0.39 is 15.1 Å². The molecule has 0 amide bonds. The second kappa shape index (κ2) is 3.61. The van der Waals surface area contributed by atoms with Gasteiger partial charge in [0.15, 0.2) is 9.84 Å². The number of hydrogen-bond donors (Lipinski definition) is 0. The van der Waals surface area contributed by atoms with Gasteiger partial charge in [0.1, 0.15) is 6.29 Å². The van der Waals surface area contributed by atoms with E-state index in [0.717, 1.165) is 0 Å². The van der Waals surface area contributed by atoms with Crippen LogP contribution in [0.5, 0.6) is 0 Å². The second-order valence-electron chi connectivity index (χ2n) is 3.53. The fourth-order valence-corrected chi connectivity index (χ4v) is 3.89. The molecule has 0 radical (unpaired) electrons. The van der Waals surface area contributed by atoms with E-state index in [1.165, 1.54) is 6.07 Å². The quantitative estimate of drug-likeness (QED) is 0.743. The molecule has 0 saturated heterocycles. The molecule has 1 atom stereocenters. The standard InChI is InChI=1S/C10H9ClO3S/c11-8-1-2-10-7(5-8)6-9(3-4-12)15(10,13)14/h1-2,4-5,9H,3,6H2. The molecule has 2 rings (SSSR count). The maximum Gasteiger partial charge on any atom is 0.182 e. The first-order chi connectivity index (χ1) is 7.05. The van der Waals surface area contributed by atoms with Crippen LogP contribution in [-0.2, 0) is 21.1 Å². The maximum atomic E-state index is 11.9. The summed E-state index contributed by atoms with van der Waals surface area (Å²) < 4.78 is 23.8. The third-order valence-corrected chi connectivity index (χ3v) is 5.06. The lowest BCUT2D eigenvalue weighted by Gasteiger charge is -2.03. The van der Waals surface area contributed by atoms with Gasteiger partial charge in [-0.05, 0) is 30.2 Å². The van der Waals surface area contributed by atoms with E-state index >= 15 is 0 Å². The third-order valence-electron chi connectivity index (χ3n) is 2.57. The van der Waals surface area contributed by atoms with E-state index in [1.54, 1.807) is 12.1 Å². The molecule has 80 valence electrons. The molecule has 5 heteroatoms. The first-order valence-corrected chi connectivity index (χ1v) is 6.44. The van der Waals surface area contributed by atoms with Crippen LogP contribution in [0.3, 0.4) is 0 Å². The monoisotopic (exact) mass is 244 g/mol. The average molecular weight is 245 g/mol. The van der Waals surface area contributed by atoms with Crippen LogP contribution in [-0.4, -0.2) is 20.0 Å². The highest BCUT2D eigenvalue weighted by atomic mass is 35.5. The van der Waals surface area contributed by atoms with Crippen molar-refractivity contribution in [3.63, 3.8) is 0 Å². The van der Waals surface area contributed by atoms with E-state index in [9.17, 15) is 13.2 Å². The first kappa shape index (κ1) is 10.6. The largest absolute Gasteiger partial charge is 0.303 e. The molecule has 0 aromatic heterocycles. The van der Waals surface area contributed by atoms with E-state index in [1.807, 2.05) is 0 Å². The number of fused-ring (bicyclic) bond motifs is 1. The number of aldehydes is 1. The lowest BCUT2D eigenvalue weighted by Crippen LogP contribution is -2.17. The molecule has 1 aromatic carbocycles. The van der Waals surface area contributed by atoms with Gasteiger partial charge >= 0.3 is 0 Å². The number of benzene rings is 1. The van der Waals surface area contributed by atoms with Crippen LogP contribution < -0.4 is 0 Å². The Bertz CT molecular complexity index is 507. The molecule has 15 heavy (non-hydrogen) atoms. The van der Waals surface area contributed by atoms with Crippen LogP contribution in [0.1, 0.15) is 12.0 Å². The molecule has 1 heterocycles. The van der Waals surface area contributed by atoms with Gasteiger partial charge in [-0.2, -0.15) is 0 Å². The fraction of sp³-hybridized carbons (Fsp3) is 0.300. The molecule has 0 N–H and O–H groups in total. The minimum atomic E-state index is -3.32. The molecule has 0 aliphatic carbocycles. The van der Waals surface area contributed by atoms with E-state index in [-0.39, 0.29) is 6.42 Å². The van der Waals surface area contributed by atoms with Crippen molar-refractivity contribution in [3.05, 3.63) is 28.8 Å². The lowest BCUT2D eigenvalue weighted by molar-refractivity contribution is -0.107. The highest BCUT2D eigenvalue weighted by Crippen LogP contribution is 2.33. The second-order valence-corrected chi connectivity index (χ2v) is 6.16. The molecule has 3 nitrogen and oxygen atoms in total. The van der Waals surface area contributed by atoms with Gasteiger partial charge < -0.3 is 4.79 Å². The van der Waals surface area contributed by atoms with Crippen molar-refractivity contribution < 1.29 is 13.2 Å². The van der Waals surface area contributed by atoms with Crippen molar-refractivity contribution in [2.45, 2.75) is 23.0 Å². The summed E-state index contributed by atoms with van der Waals surface area (Å²) in [6.45, 7) is 0. The first-order valence-electron chi connectivity index (χ1n) is 4.51. The van der Waals surface area contributed by atoms with Crippen LogP contribution in [0.2, 0.25) is 5.02 Å². The number of halogens is 1. The molecule has 0 saturated carbocycles. The fourth-order valence-electron chi connectivity index (χ4n) is 1.84. The van der Waals surface area contributed by atoms with Gasteiger partial charge in [-0.3, -0.25) is 0 Å². The van der Waals surface area contributed by atoms with Crippen molar-refractivity contribution in [3.8, 4) is 0 Å². The third kappa shape index (κ3) is 1.68. The van der Waals surface area contributed by atoms with Crippen molar-refractivity contribution >= 4 is 27.7 Å². The van der Waals surface area contributed by atoms with Crippen molar-refractivity contribution in [2.75, 3.05) is 0 Å². The summed E-state index contributed by atoms with van der Waals surface area (Å²) in [5, 5.41) is -0.0841. The Hall–Kier alpha value is -0.870. The number of sulfone groups is 1. The molecule has 1 aliphatic rings. The predicted molar refractivity (Wildman–Crippen MR) is 56.8 cm³/mol. The zero-order chi connectivity index (χ0) is 11.1. The number of hydrogen-bond acceptors (Lipinski definition) is 3. The highest BCUT2D eigenvalue weighted by molar-refractivity contribution is 7.92. The Balaban J connectivity index is 2.52. The van der Waals surface area contributed by atoms with Crippen LogP contribution in [0.4, 0.5) is 0 Å². The molecular weight excluding hydrogens is 236 g/mol. The molecule has 1 aliphatic heterocycles. The minimum Gasteiger partial charge on any atom is -0.303 e. The summed E-state index contributed by atoms with van der Waals surface area (Å²) in [6, 6.07) is 4.72. The molecule has 0 bridgehead atoms. The van der Waals surface area contributed by atoms with Crippen LogP contribution in [0, 0.1) is 0 Å². The van der Waals surface area contributed by atoms with Crippen molar-refractivity contribution in [2.24, 2.45) is 0 Å². The SMILES string of the molecule is O=CCC1Cc2cc(Cl)ccc2S1(=O)=O. The zero-order valence-electron chi connectivity index (χ0n) is 7.81. The molecule has 0 fully saturated rings. The Morgan fingerprint density at radius 2 is 2.20 bits per heavy atom. The highest BCUT2D eigenvalue weighted by Gasteiger charge is 2.36. The van der Waals surface area contributed by atoms with E-state index in [2.05, 4.69) is 0 Å². The maximum absolute atomic E-state index is 11.9. The van der Waals surface area contributed by atoms with Crippen LogP contribution in [0.15, 0.2) is 23.1 Å². The number of carbonyl (C=O) groups excluding carboxylic acids is 1. The van der Waals surface area contributed by atoms with Gasteiger partial charge in [-0.25, -0.2) is 8.42 Å². The normalized spacial score (nSPS) is 22.3.